The highest BCUT2D eigenvalue weighted by atomic mass is 15.5. The summed E-state index contributed by atoms with van der Waals surface area (Å²) in [6, 6.07) is 7.76. The van der Waals surface area contributed by atoms with E-state index in [2.05, 4.69) is 20.6 Å². The Bertz CT molecular complexity index is 519. The molecule has 68 valence electrons. The van der Waals surface area contributed by atoms with Gasteiger partial charge in [-0.25, -0.2) is 4.52 Å². The molecule has 0 saturated carbocycles. The molecule has 3 aromatic rings. The van der Waals surface area contributed by atoms with Crippen LogP contribution in [0.4, 0.5) is 0 Å². The van der Waals surface area contributed by atoms with Gasteiger partial charge in [-0.15, -0.1) is 10.2 Å². The van der Waals surface area contributed by atoms with Crippen molar-refractivity contribution in [1.82, 2.24) is 29.8 Å². The Hall–Kier alpha value is -2.24. The molecule has 0 aromatic carbocycles. The number of hydrogen-bond donors (Lipinski definition) is 0. The van der Waals surface area contributed by atoms with E-state index in [1.165, 1.54) is 11.0 Å². The average molecular weight is 186 g/mol. The van der Waals surface area contributed by atoms with Gasteiger partial charge in [-0.1, -0.05) is 6.07 Å². The van der Waals surface area contributed by atoms with Gasteiger partial charge in [0.05, 0.1) is 5.52 Å². The fourth-order valence-corrected chi connectivity index (χ4v) is 1.30. The average Bonchev–Trinajstić information content (AvgIpc) is 2.86. The van der Waals surface area contributed by atoms with Crippen molar-refractivity contribution in [1.29, 1.82) is 0 Å². The van der Waals surface area contributed by atoms with Gasteiger partial charge in [0, 0.05) is 12.3 Å². The Kier molecular flexibility index (Phi) is 1.35. The molecule has 0 amide bonds. The van der Waals surface area contributed by atoms with Gasteiger partial charge in [-0.2, -0.15) is 4.68 Å². The highest BCUT2D eigenvalue weighted by Crippen LogP contribution is 2.07. The lowest BCUT2D eigenvalue weighted by atomic mass is 10.4. The molecule has 0 N–H and O–H groups in total. The van der Waals surface area contributed by atoms with Gasteiger partial charge < -0.3 is 0 Å². The van der Waals surface area contributed by atoms with Crippen molar-refractivity contribution >= 4 is 5.52 Å². The fourth-order valence-electron chi connectivity index (χ4n) is 1.30. The molecule has 0 radical (unpaired) electrons. The summed E-state index contributed by atoms with van der Waals surface area (Å²) in [5.74, 6) is 0.709. The van der Waals surface area contributed by atoms with Gasteiger partial charge in [-0.05, 0) is 22.6 Å². The number of tetrazole rings is 1. The van der Waals surface area contributed by atoms with Gasteiger partial charge in [0.15, 0.2) is 5.82 Å². The molecule has 0 aliphatic heterocycles. The maximum atomic E-state index is 4.29. The Morgan fingerprint density at radius 1 is 1.21 bits per heavy atom. The Morgan fingerprint density at radius 2 is 2.21 bits per heavy atom. The highest BCUT2D eigenvalue weighted by molar-refractivity contribution is 5.50. The van der Waals surface area contributed by atoms with Crippen LogP contribution < -0.4 is 0 Å². The number of aromatic nitrogens is 6. The lowest BCUT2D eigenvalue weighted by Gasteiger charge is -1.88. The van der Waals surface area contributed by atoms with Crippen molar-refractivity contribution in [3.63, 3.8) is 0 Å². The minimum atomic E-state index is 0.709. The van der Waals surface area contributed by atoms with Crippen LogP contribution in [0.5, 0.6) is 0 Å². The molecule has 0 atom stereocenters. The summed E-state index contributed by atoms with van der Waals surface area (Å²) in [5.41, 5.74) is 1.01. The van der Waals surface area contributed by atoms with E-state index >= 15 is 0 Å². The molecular formula is C8H6N6. The summed E-state index contributed by atoms with van der Waals surface area (Å²) >= 11 is 0. The first kappa shape index (κ1) is 7.19. The molecule has 3 heterocycles. The Labute approximate surface area is 78.8 Å². The molecule has 0 aliphatic carbocycles. The van der Waals surface area contributed by atoms with Crippen molar-refractivity contribution < 1.29 is 0 Å². The highest BCUT2D eigenvalue weighted by Gasteiger charge is 2.02. The van der Waals surface area contributed by atoms with Crippen molar-refractivity contribution in [2.75, 3.05) is 0 Å². The lowest BCUT2D eigenvalue weighted by molar-refractivity contribution is 0.757. The van der Waals surface area contributed by atoms with Crippen LogP contribution in [-0.2, 0) is 0 Å². The van der Waals surface area contributed by atoms with Gasteiger partial charge >= 0.3 is 0 Å². The molecule has 3 aromatic heterocycles. The number of pyridine rings is 1. The van der Waals surface area contributed by atoms with Crippen molar-refractivity contribution in [3.05, 3.63) is 36.8 Å². The van der Waals surface area contributed by atoms with E-state index in [4.69, 9.17) is 0 Å². The van der Waals surface area contributed by atoms with Crippen molar-refractivity contribution in [3.8, 4) is 5.82 Å². The zero-order valence-electron chi connectivity index (χ0n) is 7.15. The number of hydrogen-bond acceptors (Lipinski definition) is 4. The normalized spacial score (nSPS) is 10.9. The second-order valence-corrected chi connectivity index (χ2v) is 2.83. The maximum absolute atomic E-state index is 4.29. The van der Waals surface area contributed by atoms with E-state index < -0.39 is 0 Å². The van der Waals surface area contributed by atoms with E-state index in [0.717, 1.165) is 5.52 Å². The monoisotopic (exact) mass is 186 g/mol. The van der Waals surface area contributed by atoms with Crippen LogP contribution in [0.2, 0.25) is 0 Å². The van der Waals surface area contributed by atoms with Crippen LogP contribution in [0.25, 0.3) is 11.3 Å². The molecule has 6 heteroatoms. The quantitative estimate of drug-likeness (QED) is 0.548. The summed E-state index contributed by atoms with van der Waals surface area (Å²) in [6.07, 6.45) is 3.39. The van der Waals surface area contributed by atoms with Crippen LogP contribution in [-0.4, -0.2) is 29.8 Å². The van der Waals surface area contributed by atoms with Gasteiger partial charge in [0.1, 0.15) is 6.33 Å². The second-order valence-electron chi connectivity index (χ2n) is 2.83. The van der Waals surface area contributed by atoms with Crippen LogP contribution in [0.15, 0.2) is 36.8 Å². The first-order chi connectivity index (χ1) is 6.93. The largest absolute Gasteiger partial charge is 0.239 e. The van der Waals surface area contributed by atoms with Crippen LogP contribution >= 0.6 is 0 Å². The van der Waals surface area contributed by atoms with Gasteiger partial charge in [-0.3, -0.25) is 0 Å². The Balaban J connectivity index is 2.24. The minimum absolute atomic E-state index is 0.709. The third-order valence-electron chi connectivity index (χ3n) is 1.94. The zero-order valence-corrected chi connectivity index (χ0v) is 7.15. The molecule has 3 rings (SSSR count). The van der Waals surface area contributed by atoms with Gasteiger partial charge in [0.2, 0.25) is 0 Å². The lowest BCUT2D eigenvalue weighted by Crippen LogP contribution is -1.96. The Morgan fingerprint density at radius 3 is 3.00 bits per heavy atom. The van der Waals surface area contributed by atoms with E-state index in [-0.39, 0.29) is 0 Å². The predicted molar refractivity (Wildman–Crippen MR) is 47.9 cm³/mol. The smallest absolute Gasteiger partial charge is 0.179 e. The first-order valence-corrected chi connectivity index (χ1v) is 4.11. The zero-order chi connectivity index (χ0) is 9.38. The standard InChI is InChI=1S/C8H6N6/c1-2-4-13-7(3-1)5-8(10-13)14-6-9-11-12-14/h1-6H. The second kappa shape index (κ2) is 2.63. The third-order valence-corrected chi connectivity index (χ3v) is 1.94. The van der Waals surface area contributed by atoms with Crippen LogP contribution in [0.3, 0.4) is 0 Å². The summed E-state index contributed by atoms with van der Waals surface area (Å²) < 4.78 is 3.30. The summed E-state index contributed by atoms with van der Waals surface area (Å²) in [5, 5.41) is 15.2. The van der Waals surface area contributed by atoms with E-state index in [1.54, 1.807) is 4.52 Å². The first-order valence-electron chi connectivity index (χ1n) is 4.11. The third kappa shape index (κ3) is 0.972. The SMILES string of the molecule is c1ccn2nc(-n3cnnn3)cc2c1. The fraction of sp³-hybridized carbons (Fsp3) is 0. The summed E-state index contributed by atoms with van der Waals surface area (Å²) in [4.78, 5) is 0. The van der Waals surface area contributed by atoms with Crippen molar-refractivity contribution in [2.45, 2.75) is 0 Å². The minimum Gasteiger partial charge on any atom is -0.239 e. The number of fused-ring (bicyclic) bond motifs is 1. The number of nitrogens with zero attached hydrogens (tertiary/aromatic N) is 6. The van der Waals surface area contributed by atoms with Crippen LogP contribution in [0, 0.1) is 0 Å². The van der Waals surface area contributed by atoms with Crippen LogP contribution in [0.1, 0.15) is 0 Å². The molecule has 0 aliphatic rings. The predicted octanol–water partition coefficient (Wildman–Crippen LogP) is 0.310. The molecule has 0 bridgehead atoms. The molecule has 0 fully saturated rings. The maximum Gasteiger partial charge on any atom is 0.179 e. The van der Waals surface area contributed by atoms with Crippen molar-refractivity contribution in [2.24, 2.45) is 0 Å². The molecule has 14 heavy (non-hydrogen) atoms. The molecule has 6 nitrogen and oxygen atoms in total. The van der Waals surface area contributed by atoms with Gasteiger partial charge in [0.25, 0.3) is 0 Å². The van der Waals surface area contributed by atoms with E-state index in [0.29, 0.717) is 5.82 Å². The summed E-state index contributed by atoms with van der Waals surface area (Å²) in [7, 11) is 0. The van der Waals surface area contributed by atoms with E-state index in [9.17, 15) is 0 Å². The number of rotatable bonds is 1. The van der Waals surface area contributed by atoms with E-state index in [1.807, 2.05) is 30.5 Å². The molecular weight excluding hydrogens is 180 g/mol. The molecule has 0 unspecified atom stereocenters. The molecule has 0 spiro atoms. The summed E-state index contributed by atoms with van der Waals surface area (Å²) in [6.45, 7) is 0. The molecule has 0 saturated heterocycles. The topological polar surface area (TPSA) is 60.9 Å².